The molecule has 4 nitrogen and oxygen atoms in total. The zero-order valence-electron chi connectivity index (χ0n) is 9.14. The van der Waals surface area contributed by atoms with Crippen LogP contribution in [-0.2, 0) is 4.79 Å². The molecule has 0 bridgehead atoms. The molecule has 1 rings (SSSR count). The van der Waals surface area contributed by atoms with Crippen molar-refractivity contribution >= 4 is 28.9 Å². The van der Waals surface area contributed by atoms with Gasteiger partial charge in [0.15, 0.2) is 0 Å². The Bertz CT molecular complexity index is 389. The zero-order chi connectivity index (χ0) is 12.1. The number of hydrogen-bond acceptors (Lipinski definition) is 3. The fraction of sp³-hybridized carbons (Fsp3) is 0.273. The Morgan fingerprint density at radius 1 is 1.44 bits per heavy atom. The number of aliphatic carboxylic acids is 1. The lowest BCUT2D eigenvalue weighted by Crippen LogP contribution is -2.26. The lowest BCUT2D eigenvalue weighted by atomic mass is 10.2. The number of nitrogens with zero attached hydrogens (tertiary/aromatic N) is 1. The third kappa shape index (κ3) is 3.20. The molecule has 0 spiro atoms. The van der Waals surface area contributed by atoms with Crippen LogP contribution in [0.15, 0.2) is 24.3 Å². The van der Waals surface area contributed by atoms with Gasteiger partial charge in [-0.2, -0.15) is 0 Å². The van der Waals surface area contributed by atoms with Crippen LogP contribution in [0.5, 0.6) is 5.75 Å². The quantitative estimate of drug-likeness (QED) is 0.814. The molecular weight excluding hydrogens is 226 g/mol. The highest BCUT2D eigenvalue weighted by Crippen LogP contribution is 2.19. The highest BCUT2D eigenvalue weighted by molar-refractivity contribution is 7.80. The van der Waals surface area contributed by atoms with Crippen molar-refractivity contribution in [3.05, 3.63) is 24.3 Å². The van der Waals surface area contributed by atoms with Crippen molar-refractivity contribution in [2.45, 2.75) is 6.42 Å². The van der Waals surface area contributed by atoms with E-state index in [9.17, 15) is 4.79 Å². The van der Waals surface area contributed by atoms with Crippen molar-refractivity contribution in [1.82, 2.24) is 0 Å². The third-order valence-electron chi connectivity index (χ3n) is 2.14. The summed E-state index contributed by atoms with van der Waals surface area (Å²) in [5.41, 5.74) is 0.840. The van der Waals surface area contributed by atoms with Gasteiger partial charge in [-0.05, 0) is 24.3 Å². The smallest absolute Gasteiger partial charge is 0.310 e. The number of anilines is 1. The number of carboxylic acid groups (broad SMARTS) is 1. The number of rotatable bonds is 4. The van der Waals surface area contributed by atoms with Crippen LogP contribution in [0, 0.1) is 0 Å². The Kier molecular flexibility index (Phi) is 4.25. The van der Waals surface area contributed by atoms with Crippen molar-refractivity contribution in [3.63, 3.8) is 0 Å². The minimum absolute atomic E-state index is 0.141. The Labute approximate surface area is 99.4 Å². The summed E-state index contributed by atoms with van der Waals surface area (Å²) < 4.78 is 5.03. The zero-order valence-corrected chi connectivity index (χ0v) is 9.95. The van der Waals surface area contributed by atoms with Gasteiger partial charge in [0.2, 0.25) is 0 Å². The van der Waals surface area contributed by atoms with Crippen molar-refractivity contribution < 1.29 is 14.6 Å². The second-order valence-corrected chi connectivity index (χ2v) is 3.69. The van der Waals surface area contributed by atoms with Gasteiger partial charge < -0.3 is 14.7 Å². The summed E-state index contributed by atoms with van der Waals surface area (Å²) in [7, 11) is 3.33. The van der Waals surface area contributed by atoms with Crippen LogP contribution in [0.25, 0.3) is 0 Å². The molecule has 1 N–H and O–H groups in total. The summed E-state index contributed by atoms with van der Waals surface area (Å²) >= 11 is 5.01. The van der Waals surface area contributed by atoms with E-state index < -0.39 is 5.97 Å². The second kappa shape index (κ2) is 5.46. The fourth-order valence-electron chi connectivity index (χ4n) is 1.20. The summed E-state index contributed by atoms with van der Waals surface area (Å²) in [4.78, 5) is 12.6. The van der Waals surface area contributed by atoms with Crippen molar-refractivity contribution in [2.75, 3.05) is 19.1 Å². The predicted octanol–water partition coefficient (Wildman–Crippen LogP) is 1.93. The molecule has 5 heteroatoms. The number of carboxylic acids is 1. The molecule has 0 radical (unpaired) electrons. The van der Waals surface area contributed by atoms with Gasteiger partial charge in [-0.1, -0.05) is 12.2 Å². The van der Waals surface area contributed by atoms with Crippen LogP contribution in [0.2, 0.25) is 0 Å². The monoisotopic (exact) mass is 239 g/mol. The summed E-state index contributed by atoms with van der Waals surface area (Å²) in [5.74, 6) is -0.174. The maximum atomic E-state index is 10.5. The maximum absolute atomic E-state index is 10.5. The average molecular weight is 239 g/mol. The molecule has 0 saturated carbocycles. The van der Waals surface area contributed by atoms with E-state index in [1.807, 2.05) is 12.1 Å². The number of benzene rings is 1. The predicted molar refractivity (Wildman–Crippen MR) is 66.2 cm³/mol. The van der Waals surface area contributed by atoms with Crippen LogP contribution in [0.1, 0.15) is 6.42 Å². The molecule has 0 atom stereocenters. The summed E-state index contributed by atoms with van der Waals surface area (Å²) in [6.07, 6.45) is -0.141. The van der Waals surface area contributed by atoms with Crippen LogP contribution in [-0.4, -0.2) is 30.2 Å². The van der Waals surface area contributed by atoms with Crippen LogP contribution in [0.4, 0.5) is 5.69 Å². The standard InChI is InChI=1S/C11H13NO3S/c1-12(10(16)7-11(13)14)8-3-5-9(15-2)6-4-8/h3-6H,7H2,1-2H3,(H,13,14). The largest absolute Gasteiger partial charge is 0.497 e. The summed E-state index contributed by atoms with van der Waals surface area (Å²) in [5, 5.41) is 8.63. The number of carbonyl (C=O) groups is 1. The molecule has 0 amide bonds. The van der Waals surface area contributed by atoms with E-state index in [2.05, 4.69) is 0 Å². The second-order valence-electron chi connectivity index (χ2n) is 3.22. The number of ether oxygens (including phenoxy) is 1. The fourth-order valence-corrected chi connectivity index (χ4v) is 1.43. The minimum Gasteiger partial charge on any atom is -0.497 e. The minimum atomic E-state index is -0.926. The van der Waals surface area contributed by atoms with Gasteiger partial charge in [0.25, 0.3) is 0 Å². The van der Waals surface area contributed by atoms with E-state index >= 15 is 0 Å². The van der Waals surface area contributed by atoms with E-state index in [0.717, 1.165) is 11.4 Å². The molecule has 0 heterocycles. The molecule has 0 aliphatic rings. The highest BCUT2D eigenvalue weighted by Gasteiger charge is 2.10. The highest BCUT2D eigenvalue weighted by atomic mass is 32.1. The molecule has 0 aromatic heterocycles. The molecule has 1 aromatic rings. The molecule has 0 fully saturated rings. The topological polar surface area (TPSA) is 49.8 Å². The van der Waals surface area contributed by atoms with E-state index in [1.54, 1.807) is 31.2 Å². The Hall–Kier alpha value is -1.62. The molecule has 0 saturated heterocycles. The van der Waals surface area contributed by atoms with Gasteiger partial charge in [-0.15, -0.1) is 0 Å². The SMILES string of the molecule is COc1ccc(N(C)C(=S)CC(=O)O)cc1. The molecule has 1 aromatic carbocycles. The Morgan fingerprint density at radius 3 is 2.44 bits per heavy atom. The maximum Gasteiger partial charge on any atom is 0.310 e. The first-order valence-electron chi connectivity index (χ1n) is 4.67. The first kappa shape index (κ1) is 12.4. The molecule has 0 aliphatic heterocycles. The Morgan fingerprint density at radius 2 is 2.00 bits per heavy atom. The van der Waals surface area contributed by atoms with Gasteiger partial charge in [-0.3, -0.25) is 4.79 Å². The van der Waals surface area contributed by atoms with Gasteiger partial charge in [0.1, 0.15) is 5.75 Å². The first-order valence-corrected chi connectivity index (χ1v) is 5.08. The lowest BCUT2D eigenvalue weighted by Gasteiger charge is -2.19. The summed E-state index contributed by atoms with van der Waals surface area (Å²) in [6, 6.07) is 7.25. The van der Waals surface area contributed by atoms with Gasteiger partial charge in [0.05, 0.1) is 18.5 Å². The normalized spacial score (nSPS) is 9.62. The van der Waals surface area contributed by atoms with Gasteiger partial charge in [0, 0.05) is 12.7 Å². The third-order valence-corrected chi connectivity index (χ3v) is 2.55. The van der Waals surface area contributed by atoms with Crippen LogP contribution >= 0.6 is 12.2 Å². The number of thiocarbonyl (C=S) groups is 1. The van der Waals surface area contributed by atoms with E-state index in [4.69, 9.17) is 22.1 Å². The molecule has 0 aliphatic carbocycles. The van der Waals surface area contributed by atoms with Crippen molar-refractivity contribution in [1.29, 1.82) is 0 Å². The van der Waals surface area contributed by atoms with Gasteiger partial charge >= 0.3 is 5.97 Å². The molecule has 0 unspecified atom stereocenters. The number of methoxy groups -OCH3 is 1. The molecule has 16 heavy (non-hydrogen) atoms. The van der Waals surface area contributed by atoms with Crippen LogP contribution in [0.3, 0.4) is 0 Å². The molecule has 86 valence electrons. The molecular formula is C11H13NO3S. The van der Waals surface area contributed by atoms with E-state index in [0.29, 0.717) is 4.99 Å². The summed E-state index contributed by atoms with van der Waals surface area (Å²) in [6.45, 7) is 0. The first-order chi connectivity index (χ1) is 7.54. The van der Waals surface area contributed by atoms with Gasteiger partial charge in [-0.25, -0.2) is 0 Å². The Balaban J connectivity index is 2.75. The van der Waals surface area contributed by atoms with Crippen molar-refractivity contribution in [3.8, 4) is 5.75 Å². The van der Waals surface area contributed by atoms with E-state index in [1.165, 1.54) is 0 Å². The lowest BCUT2D eigenvalue weighted by molar-refractivity contribution is -0.135. The van der Waals surface area contributed by atoms with Crippen molar-refractivity contribution in [2.24, 2.45) is 0 Å². The average Bonchev–Trinajstić information content (AvgIpc) is 2.27. The number of hydrogen-bond donors (Lipinski definition) is 1. The van der Waals surface area contributed by atoms with E-state index in [-0.39, 0.29) is 6.42 Å². The van der Waals surface area contributed by atoms with Crippen LogP contribution < -0.4 is 9.64 Å².